The highest BCUT2D eigenvalue weighted by atomic mass is 16.5. The van der Waals surface area contributed by atoms with Gasteiger partial charge in [0.1, 0.15) is 6.54 Å². The molecule has 0 bridgehead atoms. The average molecular weight is 272 g/mol. The Morgan fingerprint density at radius 1 is 1.26 bits per heavy atom. The van der Waals surface area contributed by atoms with Crippen LogP contribution in [0.15, 0.2) is 0 Å². The topological polar surface area (TPSA) is 83.5 Å². The van der Waals surface area contributed by atoms with Crippen molar-refractivity contribution in [2.45, 2.75) is 32.3 Å². The number of likely N-dealkylation sites (N-methyl/N-ethyl adjacent to an activating group) is 1. The number of hydrogen-bond donors (Lipinski definition) is 0. The standard InChI is InChI=1S/C13H22NO5/c1-10(5-6-15)7-13(18)19-11(8-12(16)17)9-14(2,3)4/h10-11H,5,7-9H2,1-4H3. The van der Waals surface area contributed by atoms with E-state index < -0.39 is 18.0 Å². The second-order valence-electron chi connectivity index (χ2n) is 5.82. The molecule has 0 fully saturated rings. The van der Waals surface area contributed by atoms with Gasteiger partial charge < -0.3 is 19.1 Å². The minimum absolute atomic E-state index is 0.0793. The molecule has 0 spiro atoms. The van der Waals surface area contributed by atoms with Crippen LogP contribution < -0.4 is 5.11 Å². The van der Waals surface area contributed by atoms with E-state index in [9.17, 15) is 19.5 Å². The molecule has 19 heavy (non-hydrogen) atoms. The maximum absolute atomic E-state index is 11.6. The number of nitrogens with zero attached hydrogens (tertiary/aromatic N) is 1. The fourth-order valence-electron chi connectivity index (χ4n) is 1.67. The second-order valence-corrected chi connectivity index (χ2v) is 5.82. The molecule has 2 unspecified atom stereocenters. The van der Waals surface area contributed by atoms with Gasteiger partial charge in [-0.3, -0.25) is 9.59 Å². The maximum atomic E-state index is 11.6. The largest absolute Gasteiger partial charge is 0.550 e. The van der Waals surface area contributed by atoms with Crippen LogP contribution in [0.2, 0.25) is 0 Å². The minimum atomic E-state index is -1.25. The summed E-state index contributed by atoms with van der Waals surface area (Å²) in [6.07, 6.45) is 0.932. The number of quaternary nitrogens is 1. The summed E-state index contributed by atoms with van der Waals surface area (Å²) in [5.74, 6) is -1.90. The summed E-state index contributed by atoms with van der Waals surface area (Å²) < 4.78 is 5.62. The Bertz CT molecular complexity index is 321. The Labute approximate surface area is 113 Å². The van der Waals surface area contributed by atoms with E-state index >= 15 is 0 Å². The fourth-order valence-corrected chi connectivity index (χ4v) is 1.67. The van der Waals surface area contributed by atoms with E-state index in [1.807, 2.05) is 21.1 Å². The predicted octanol–water partition coefficient (Wildman–Crippen LogP) is -0.730. The molecule has 0 saturated heterocycles. The van der Waals surface area contributed by atoms with Crippen molar-refractivity contribution in [3.63, 3.8) is 0 Å². The molecule has 0 aromatic heterocycles. The zero-order chi connectivity index (χ0) is 15.1. The average Bonchev–Trinajstić information content (AvgIpc) is 2.12. The summed E-state index contributed by atoms with van der Waals surface area (Å²) in [4.78, 5) is 32.5. The normalized spacial score (nSPS) is 14.5. The number of esters is 1. The van der Waals surface area contributed by atoms with Crippen molar-refractivity contribution < 1.29 is 28.7 Å². The molecule has 0 aliphatic rings. The van der Waals surface area contributed by atoms with Crippen molar-refractivity contribution in [3.05, 3.63) is 0 Å². The summed E-state index contributed by atoms with van der Waals surface area (Å²) >= 11 is 0. The second kappa shape index (κ2) is 7.89. The fraction of sp³-hybridized carbons (Fsp3) is 0.769. The van der Waals surface area contributed by atoms with Crippen molar-refractivity contribution in [2.75, 3.05) is 27.7 Å². The van der Waals surface area contributed by atoms with Crippen LogP contribution >= 0.6 is 0 Å². The SMILES string of the molecule is CC(C[C]=O)CC(=O)OC(CC(=O)[O-])C[N+](C)(C)C. The molecular weight excluding hydrogens is 250 g/mol. The van der Waals surface area contributed by atoms with E-state index in [-0.39, 0.29) is 25.2 Å². The first-order chi connectivity index (χ1) is 8.64. The van der Waals surface area contributed by atoms with Gasteiger partial charge in [0.2, 0.25) is 0 Å². The maximum Gasteiger partial charge on any atom is 0.306 e. The van der Waals surface area contributed by atoms with Crippen molar-refractivity contribution in [2.24, 2.45) is 5.92 Å². The highest BCUT2D eigenvalue weighted by Gasteiger charge is 2.23. The molecule has 0 heterocycles. The van der Waals surface area contributed by atoms with Gasteiger partial charge in [0.25, 0.3) is 0 Å². The van der Waals surface area contributed by atoms with Crippen molar-refractivity contribution in [1.82, 2.24) is 0 Å². The van der Waals surface area contributed by atoms with Crippen LogP contribution in [0.4, 0.5) is 0 Å². The number of carbonyl (C=O) groups is 2. The smallest absolute Gasteiger partial charge is 0.306 e. The number of aliphatic carboxylic acids is 1. The number of carboxylic acid groups (broad SMARTS) is 1. The van der Waals surface area contributed by atoms with Gasteiger partial charge in [-0.25, -0.2) is 0 Å². The first-order valence-corrected chi connectivity index (χ1v) is 6.19. The molecule has 0 aromatic rings. The molecule has 0 N–H and O–H groups in total. The van der Waals surface area contributed by atoms with Gasteiger partial charge in [0, 0.05) is 25.2 Å². The molecule has 0 amide bonds. The number of carboxylic acids is 1. The predicted molar refractivity (Wildman–Crippen MR) is 66.5 cm³/mol. The summed E-state index contributed by atoms with van der Waals surface area (Å²) in [6.45, 7) is 2.12. The highest BCUT2D eigenvalue weighted by molar-refractivity contribution is 5.71. The summed E-state index contributed by atoms with van der Waals surface area (Å²) in [5, 5.41) is 10.6. The molecule has 1 radical (unpaired) electrons. The summed E-state index contributed by atoms with van der Waals surface area (Å²) in [6, 6.07) is 0. The van der Waals surface area contributed by atoms with Gasteiger partial charge in [-0.2, -0.15) is 0 Å². The van der Waals surface area contributed by atoms with E-state index in [2.05, 4.69) is 0 Å². The Balaban J connectivity index is 4.42. The van der Waals surface area contributed by atoms with Crippen LogP contribution in [0.25, 0.3) is 0 Å². The van der Waals surface area contributed by atoms with E-state index in [0.29, 0.717) is 11.0 Å². The third kappa shape index (κ3) is 10.2. The molecule has 6 heteroatoms. The first kappa shape index (κ1) is 17.6. The zero-order valence-electron chi connectivity index (χ0n) is 12.0. The van der Waals surface area contributed by atoms with Crippen LogP contribution in [0.5, 0.6) is 0 Å². The molecule has 0 aromatic carbocycles. The van der Waals surface area contributed by atoms with Gasteiger partial charge in [-0.05, 0) is 5.92 Å². The van der Waals surface area contributed by atoms with E-state index in [1.165, 1.54) is 0 Å². The van der Waals surface area contributed by atoms with Crippen LogP contribution in [0.1, 0.15) is 26.2 Å². The monoisotopic (exact) mass is 272 g/mol. The van der Waals surface area contributed by atoms with Crippen molar-refractivity contribution in [1.29, 1.82) is 0 Å². The van der Waals surface area contributed by atoms with Crippen LogP contribution in [0.3, 0.4) is 0 Å². The van der Waals surface area contributed by atoms with Gasteiger partial charge in [0.15, 0.2) is 12.4 Å². The number of rotatable bonds is 9. The molecule has 109 valence electrons. The number of carbonyl (C=O) groups excluding carboxylic acids is 3. The molecule has 0 rings (SSSR count). The molecule has 6 nitrogen and oxygen atoms in total. The third-order valence-corrected chi connectivity index (χ3v) is 2.39. The van der Waals surface area contributed by atoms with Crippen molar-refractivity contribution >= 4 is 18.2 Å². The lowest BCUT2D eigenvalue weighted by Gasteiger charge is -2.29. The lowest BCUT2D eigenvalue weighted by molar-refractivity contribution is -0.873. The Hall–Kier alpha value is -1.43. The number of hydrogen-bond acceptors (Lipinski definition) is 5. The van der Waals surface area contributed by atoms with E-state index in [0.717, 1.165) is 0 Å². The lowest BCUT2D eigenvalue weighted by Crippen LogP contribution is -2.45. The van der Waals surface area contributed by atoms with E-state index in [1.54, 1.807) is 13.2 Å². The van der Waals surface area contributed by atoms with Crippen LogP contribution in [-0.4, -0.2) is 56.5 Å². The summed E-state index contributed by atoms with van der Waals surface area (Å²) in [7, 11) is 5.63. The van der Waals surface area contributed by atoms with Gasteiger partial charge in [-0.15, -0.1) is 0 Å². The van der Waals surface area contributed by atoms with Gasteiger partial charge in [0.05, 0.1) is 21.1 Å². The minimum Gasteiger partial charge on any atom is -0.550 e. The molecular formula is C13H22NO5. The molecule has 0 aliphatic carbocycles. The van der Waals surface area contributed by atoms with E-state index in [4.69, 9.17) is 4.74 Å². The highest BCUT2D eigenvalue weighted by Crippen LogP contribution is 2.11. The first-order valence-electron chi connectivity index (χ1n) is 6.19. The Morgan fingerprint density at radius 2 is 1.84 bits per heavy atom. The lowest BCUT2D eigenvalue weighted by atomic mass is 10.1. The van der Waals surface area contributed by atoms with Crippen LogP contribution in [0, 0.1) is 5.92 Å². The molecule has 0 aliphatic heterocycles. The Kier molecular flexibility index (Phi) is 7.29. The summed E-state index contributed by atoms with van der Waals surface area (Å²) in [5.41, 5.74) is 0. The third-order valence-electron chi connectivity index (χ3n) is 2.39. The molecule has 2 atom stereocenters. The van der Waals surface area contributed by atoms with Gasteiger partial charge in [-0.1, -0.05) is 6.92 Å². The quantitative estimate of drug-likeness (QED) is 0.408. The zero-order valence-corrected chi connectivity index (χ0v) is 12.0. The van der Waals surface area contributed by atoms with Crippen LogP contribution in [-0.2, 0) is 19.1 Å². The van der Waals surface area contributed by atoms with Crippen molar-refractivity contribution in [3.8, 4) is 0 Å². The van der Waals surface area contributed by atoms with Gasteiger partial charge >= 0.3 is 5.97 Å². The number of ether oxygens (including phenoxy) is 1. The molecule has 0 saturated carbocycles. The Morgan fingerprint density at radius 3 is 2.26 bits per heavy atom.